The number of amides is 1. The maximum atomic E-state index is 13.2. The minimum Gasteiger partial charge on any atom is -0.325 e. The molecule has 0 atom stereocenters. The van der Waals surface area contributed by atoms with Crippen LogP contribution >= 0.6 is 0 Å². The van der Waals surface area contributed by atoms with Crippen LogP contribution in [0.3, 0.4) is 0 Å². The maximum Gasteiger partial charge on any atom is 0.238 e. The van der Waals surface area contributed by atoms with E-state index in [0.29, 0.717) is 11.3 Å². The van der Waals surface area contributed by atoms with E-state index < -0.39 is 0 Å². The van der Waals surface area contributed by atoms with Gasteiger partial charge in [0, 0.05) is 11.7 Å². The van der Waals surface area contributed by atoms with E-state index in [1.165, 1.54) is 6.07 Å². The van der Waals surface area contributed by atoms with Crippen molar-refractivity contribution in [2.24, 2.45) is 0 Å². The number of hydrogen-bond donors (Lipinski definition) is 2. The number of anilines is 1. The molecule has 0 unspecified atom stereocenters. The van der Waals surface area contributed by atoms with Crippen LogP contribution in [0.25, 0.3) is 0 Å². The summed E-state index contributed by atoms with van der Waals surface area (Å²) in [4.78, 5) is 11.4. The summed E-state index contributed by atoms with van der Waals surface area (Å²) in [5.41, 5.74) is 1.05. The van der Waals surface area contributed by atoms with Crippen LogP contribution in [-0.4, -0.2) is 18.5 Å². The van der Waals surface area contributed by atoms with Crippen molar-refractivity contribution in [3.05, 3.63) is 29.6 Å². The number of rotatable bonds is 4. The lowest BCUT2D eigenvalue weighted by atomic mass is 10.2. The summed E-state index contributed by atoms with van der Waals surface area (Å²) in [5, 5.41) is 5.61. The second kappa shape index (κ2) is 5.61. The summed E-state index contributed by atoms with van der Waals surface area (Å²) in [6.45, 7) is 5.83. The van der Waals surface area contributed by atoms with Gasteiger partial charge in [-0.2, -0.15) is 0 Å². The molecule has 2 N–H and O–H groups in total. The lowest BCUT2D eigenvalue weighted by Crippen LogP contribution is -2.32. The monoisotopic (exact) mass is 224 g/mol. The van der Waals surface area contributed by atoms with E-state index in [1.807, 2.05) is 13.8 Å². The zero-order chi connectivity index (χ0) is 12.1. The second-order valence-corrected chi connectivity index (χ2v) is 4.05. The molecule has 16 heavy (non-hydrogen) atoms. The summed E-state index contributed by atoms with van der Waals surface area (Å²) in [7, 11) is 0. The Bertz CT molecular complexity index is 377. The minimum atomic E-state index is -0.311. The first-order valence-corrected chi connectivity index (χ1v) is 5.28. The summed E-state index contributed by atoms with van der Waals surface area (Å²) >= 11 is 0. The number of benzene rings is 1. The number of carbonyl (C=O) groups is 1. The Kier molecular flexibility index (Phi) is 4.43. The average Bonchev–Trinajstić information content (AvgIpc) is 2.21. The summed E-state index contributed by atoms with van der Waals surface area (Å²) < 4.78 is 13.2. The molecule has 1 aromatic rings. The highest BCUT2D eigenvalue weighted by Gasteiger charge is 2.04. The van der Waals surface area contributed by atoms with Crippen molar-refractivity contribution < 1.29 is 9.18 Å². The highest BCUT2D eigenvalue weighted by atomic mass is 19.1. The Morgan fingerprint density at radius 2 is 2.12 bits per heavy atom. The molecule has 1 amide bonds. The van der Waals surface area contributed by atoms with Crippen LogP contribution in [0.15, 0.2) is 18.2 Å². The third-order valence-corrected chi connectivity index (χ3v) is 2.13. The van der Waals surface area contributed by atoms with Crippen LogP contribution in [0.2, 0.25) is 0 Å². The largest absolute Gasteiger partial charge is 0.325 e. The summed E-state index contributed by atoms with van der Waals surface area (Å²) in [6.07, 6.45) is 0. The number of nitrogens with one attached hydrogen (secondary N) is 2. The molecular formula is C12H17FN2O. The lowest BCUT2D eigenvalue weighted by molar-refractivity contribution is -0.115. The predicted octanol–water partition coefficient (Wildman–Crippen LogP) is 2.07. The van der Waals surface area contributed by atoms with Crippen LogP contribution in [0.4, 0.5) is 10.1 Å². The van der Waals surface area contributed by atoms with Gasteiger partial charge in [-0.1, -0.05) is 19.9 Å². The Morgan fingerprint density at radius 1 is 1.44 bits per heavy atom. The van der Waals surface area contributed by atoms with Crippen LogP contribution in [0, 0.1) is 12.7 Å². The highest BCUT2D eigenvalue weighted by molar-refractivity contribution is 5.92. The topological polar surface area (TPSA) is 41.1 Å². The Hall–Kier alpha value is -1.42. The van der Waals surface area contributed by atoms with Crippen LogP contribution in [0.1, 0.15) is 19.4 Å². The SMILES string of the molecule is Cc1ccc(NC(=O)CNC(C)C)cc1F. The summed E-state index contributed by atoms with van der Waals surface area (Å²) in [5.74, 6) is -0.480. The molecule has 88 valence electrons. The average molecular weight is 224 g/mol. The van der Waals surface area contributed by atoms with E-state index in [1.54, 1.807) is 19.1 Å². The third-order valence-electron chi connectivity index (χ3n) is 2.13. The molecular weight excluding hydrogens is 207 g/mol. The molecule has 0 heterocycles. The molecule has 1 aromatic carbocycles. The zero-order valence-electron chi connectivity index (χ0n) is 9.80. The molecule has 0 saturated heterocycles. The van der Waals surface area contributed by atoms with Crippen molar-refractivity contribution in [2.75, 3.05) is 11.9 Å². The van der Waals surface area contributed by atoms with Gasteiger partial charge in [0.1, 0.15) is 5.82 Å². The fraction of sp³-hybridized carbons (Fsp3) is 0.417. The number of carbonyl (C=O) groups excluding carboxylic acids is 1. The van der Waals surface area contributed by atoms with Crippen molar-refractivity contribution in [1.29, 1.82) is 0 Å². The van der Waals surface area contributed by atoms with Gasteiger partial charge in [-0.3, -0.25) is 4.79 Å². The van der Waals surface area contributed by atoms with E-state index >= 15 is 0 Å². The van der Waals surface area contributed by atoms with Gasteiger partial charge in [-0.05, 0) is 24.6 Å². The van der Waals surface area contributed by atoms with Crippen molar-refractivity contribution in [3.63, 3.8) is 0 Å². The molecule has 0 fully saturated rings. The van der Waals surface area contributed by atoms with E-state index in [9.17, 15) is 9.18 Å². The highest BCUT2D eigenvalue weighted by Crippen LogP contribution is 2.13. The first-order chi connectivity index (χ1) is 7.49. The normalized spacial score (nSPS) is 10.6. The quantitative estimate of drug-likeness (QED) is 0.822. The molecule has 0 saturated carbocycles. The van der Waals surface area contributed by atoms with E-state index in [2.05, 4.69) is 10.6 Å². The van der Waals surface area contributed by atoms with Gasteiger partial charge in [0.25, 0.3) is 0 Å². The maximum absolute atomic E-state index is 13.2. The third kappa shape index (κ3) is 3.98. The summed E-state index contributed by atoms with van der Waals surface area (Å²) in [6, 6.07) is 4.90. The number of halogens is 1. The number of hydrogen-bond acceptors (Lipinski definition) is 2. The van der Waals surface area contributed by atoms with Crippen molar-refractivity contribution in [3.8, 4) is 0 Å². The first kappa shape index (κ1) is 12.6. The van der Waals surface area contributed by atoms with Crippen LogP contribution in [0.5, 0.6) is 0 Å². The van der Waals surface area contributed by atoms with E-state index in [0.717, 1.165) is 0 Å². The molecule has 0 radical (unpaired) electrons. The molecule has 0 aliphatic rings. The van der Waals surface area contributed by atoms with Gasteiger partial charge in [0.05, 0.1) is 6.54 Å². The van der Waals surface area contributed by atoms with Gasteiger partial charge in [-0.25, -0.2) is 4.39 Å². The van der Waals surface area contributed by atoms with Crippen LogP contribution < -0.4 is 10.6 Å². The molecule has 3 nitrogen and oxygen atoms in total. The lowest BCUT2D eigenvalue weighted by Gasteiger charge is -2.09. The van der Waals surface area contributed by atoms with Gasteiger partial charge in [0.2, 0.25) is 5.91 Å². The predicted molar refractivity (Wildman–Crippen MR) is 62.9 cm³/mol. The number of aryl methyl sites for hydroxylation is 1. The molecule has 1 rings (SSSR count). The van der Waals surface area contributed by atoms with Gasteiger partial charge >= 0.3 is 0 Å². The van der Waals surface area contributed by atoms with E-state index in [-0.39, 0.29) is 24.3 Å². The molecule has 0 aromatic heterocycles. The first-order valence-electron chi connectivity index (χ1n) is 5.28. The zero-order valence-corrected chi connectivity index (χ0v) is 9.80. The minimum absolute atomic E-state index is 0.169. The standard InChI is InChI=1S/C12H17FN2O/c1-8(2)14-7-12(16)15-10-5-4-9(3)11(13)6-10/h4-6,8,14H,7H2,1-3H3,(H,15,16). The van der Waals surface area contributed by atoms with Crippen molar-refractivity contribution in [1.82, 2.24) is 5.32 Å². The molecule has 0 aliphatic heterocycles. The van der Waals surface area contributed by atoms with Gasteiger partial charge in [-0.15, -0.1) is 0 Å². The Labute approximate surface area is 95.0 Å². The second-order valence-electron chi connectivity index (χ2n) is 4.05. The Morgan fingerprint density at radius 3 is 2.69 bits per heavy atom. The van der Waals surface area contributed by atoms with E-state index in [4.69, 9.17) is 0 Å². The fourth-order valence-electron chi connectivity index (χ4n) is 1.17. The molecule has 0 spiro atoms. The Balaban J connectivity index is 2.53. The molecule has 0 aliphatic carbocycles. The molecule has 0 bridgehead atoms. The van der Waals surface area contributed by atoms with Crippen molar-refractivity contribution in [2.45, 2.75) is 26.8 Å². The van der Waals surface area contributed by atoms with Gasteiger partial charge in [0.15, 0.2) is 0 Å². The fourth-order valence-corrected chi connectivity index (χ4v) is 1.17. The van der Waals surface area contributed by atoms with Crippen LogP contribution in [-0.2, 0) is 4.79 Å². The van der Waals surface area contributed by atoms with Gasteiger partial charge < -0.3 is 10.6 Å². The van der Waals surface area contributed by atoms with Crippen molar-refractivity contribution >= 4 is 11.6 Å². The smallest absolute Gasteiger partial charge is 0.238 e. The molecule has 4 heteroatoms.